The standard InChI is InChI=1S/C6H6Cl2.C3H4O2/c1-3-5(4-2)6(7)8;1-2-3(4)5/h3-4H,1-2H2;2H,1H2,(H,4,5). The number of hydrogen-bond donors (Lipinski definition) is 1. The van der Waals surface area contributed by atoms with Crippen molar-refractivity contribution in [2.45, 2.75) is 0 Å². The highest BCUT2D eigenvalue weighted by Crippen LogP contribution is 2.14. The smallest absolute Gasteiger partial charge is 0.327 e. The Morgan fingerprint density at radius 2 is 1.38 bits per heavy atom. The minimum absolute atomic E-state index is 0.204. The Balaban J connectivity index is 0. The lowest BCUT2D eigenvalue weighted by molar-refractivity contribution is -0.131. The van der Waals surface area contributed by atoms with Gasteiger partial charge < -0.3 is 5.11 Å². The predicted octanol–water partition coefficient (Wildman–Crippen LogP) is 3.30. The molecule has 0 saturated heterocycles. The largest absolute Gasteiger partial charge is 0.478 e. The molecule has 0 spiro atoms. The zero-order valence-corrected chi connectivity index (χ0v) is 8.48. The Morgan fingerprint density at radius 3 is 1.38 bits per heavy atom. The van der Waals surface area contributed by atoms with E-state index in [-0.39, 0.29) is 4.49 Å². The number of rotatable bonds is 3. The first-order valence-corrected chi connectivity index (χ1v) is 3.90. The lowest BCUT2D eigenvalue weighted by Crippen LogP contribution is -1.82. The van der Waals surface area contributed by atoms with E-state index in [2.05, 4.69) is 19.7 Å². The van der Waals surface area contributed by atoms with E-state index in [9.17, 15) is 4.79 Å². The maximum absolute atomic E-state index is 9.25. The van der Waals surface area contributed by atoms with E-state index in [1.807, 2.05) is 0 Å². The van der Waals surface area contributed by atoms with Crippen molar-refractivity contribution < 1.29 is 9.90 Å². The van der Waals surface area contributed by atoms with Crippen molar-refractivity contribution in [3.63, 3.8) is 0 Å². The highest BCUT2D eigenvalue weighted by Gasteiger charge is 1.88. The number of carboxylic acids is 1. The molecule has 2 nitrogen and oxygen atoms in total. The van der Waals surface area contributed by atoms with Crippen LogP contribution in [0.15, 0.2) is 48.0 Å². The summed E-state index contributed by atoms with van der Waals surface area (Å²) in [6.07, 6.45) is 3.92. The number of hydrogen-bond acceptors (Lipinski definition) is 1. The van der Waals surface area contributed by atoms with Crippen LogP contribution in [0.3, 0.4) is 0 Å². The van der Waals surface area contributed by atoms with Crippen molar-refractivity contribution in [2.75, 3.05) is 0 Å². The van der Waals surface area contributed by atoms with E-state index in [0.29, 0.717) is 5.57 Å². The molecule has 0 atom stereocenters. The number of allylic oxidation sites excluding steroid dienone is 3. The fourth-order valence-electron chi connectivity index (χ4n) is 0.238. The molecule has 13 heavy (non-hydrogen) atoms. The molecule has 0 radical (unpaired) electrons. The maximum atomic E-state index is 9.25. The van der Waals surface area contributed by atoms with Gasteiger partial charge in [0.25, 0.3) is 0 Å². The first-order valence-electron chi connectivity index (χ1n) is 3.15. The van der Waals surface area contributed by atoms with Crippen LogP contribution in [0, 0.1) is 0 Å². The molecule has 1 N–H and O–H groups in total. The molecule has 0 heterocycles. The van der Waals surface area contributed by atoms with Crippen molar-refractivity contribution >= 4 is 29.2 Å². The average Bonchev–Trinajstić information content (AvgIpc) is 2.07. The molecule has 0 unspecified atom stereocenters. The van der Waals surface area contributed by atoms with Crippen molar-refractivity contribution in [3.05, 3.63) is 48.0 Å². The summed E-state index contributed by atoms with van der Waals surface area (Å²) in [6.45, 7) is 9.87. The third-order valence-electron chi connectivity index (χ3n) is 0.833. The minimum atomic E-state index is -0.981. The van der Waals surface area contributed by atoms with E-state index in [1.165, 1.54) is 0 Å². The van der Waals surface area contributed by atoms with Crippen LogP contribution in [0.25, 0.3) is 0 Å². The first kappa shape index (κ1) is 14.5. The van der Waals surface area contributed by atoms with Gasteiger partial charge in [-0.2, -0.15) is 0 Å². The van der Waals surface area contributed by atoms with Crippen LogP contribution < -0.4 is 0 Å². The summed E-state index contributed by atoms with van der Waals surface area (Å²) in [7, 11) is 0. The van der Waals surface area contributed by atoms with Crippen LogP contribution in [-0.2, 0) is 4.79 Å². The SMILES string of the molecule is C=CC(=O)O.C=CC(C=C)=C(Cl)Cl. The van der Waals surface area contributed by atoms with Gasteiger partial charge >= 0.3 is 5.97 Å². The number of carboxylic acid groups (broad SMARTS) is 1. The van der Waals surface area contributed by atoms with Crippen LogP contribution in [0.2, 0.25) is 0 Å². The van der Waals surface area contributed by atoms with Gasteiger partial charge in [-0.3, -0.25) is 0 Å². The lowest BCUT2D eigenvalue weighted by Gasteiger charge is -1.87. The third-order valence-corrected chi connectivity index (χ3v) is 1.27. The fourth-order valence-corrected chi connectivity index (χ4v) is 0.546. The topological polar surface area (TPSA) is 37.3 Å². The third kappa shape index (κ3) is 11.0. The highest BCUT2D eigenvalue weighted by molar-refractivity contribution is 6.56. The Kier molecular flexibility index (Phi) is 10.2. The highest BCUT2D eigenvalue weighted by atomic mass is 35.5. The van der Waals surface area contributed by atoms with Gasteiger partial charge in [-0.25, -0.2) is 4.79 Å². The second-order valence-electron chi connectivity index (χ2n) is 1.67. The number of aliphatic carboxylic acids is 1. The zero-order valence-electron chi connectivity index (χ0n) is 6.96. The van der Waals surface area contributed by atoms with Gasteiger partial charge in [0.05, 0.1) is 0 Å². The Morgan fingerprint density at radius 1 is 1.08 bits per heavy atom. The van der Waals surface area contributed by atoms with E-state index < -0.39 is 5.97 Å². The Labute approximate surface area is 87.5 Å². The van der Waals surface area contributed by atoms with Gasteiger partial charge in [-0.1, -0.05) is 55.1 Å². The molecule has 4 heteroatoms. The second kappa shape index (κ2) is 9.10. The Hall–Kier alpha value is -0.990. The number of carbonyl (C=O) groups is 1. The van der Waals surface area contributed by atoms with Gasteiger partial charge in [0, 0.05) is 11.6 Å². The first-order chi connectivity index (χ1) is 5.99. The van der Waals surface area contributed by atoms with E-state index >= 15 is 0 Å². The summed E-state index contributed by atoms with van der Waals surface area (Å²) in [5.41, 5.74) is 0.660. The average molecular weight is 221 g/mol. The molecule has 0 aliphatic rings. The van der Waals surface area contributed by atoms with Crippen LogP contribution in [-0.4, -0.2) is 11.1 Å². The molecule has 72 valence electrons. The second-order valence-corrected chi connectivity index (χ2v) is 2.62. The van der Waals surface area contributed by atoms with E-state index in [4.69, 9.17) is 28.3 Å². The molecule has 0 aliphatic heterocycles. The Bertz CT molecular complexity index is 228. The lowest BCUT2D eigenvalue weighted by atomic mass is 10.3. The van der Waals surface area contributed by atoms with Gasteiger partial charge in [0.1, 0.15) is 4.49 Å². The van der Waals surface area contributed by atoms with Crippen LogP contribution in [0.5, 0.6) is 0 Å². The summed E-state index contributed by atoms with van der Waals surface area (Å²) >= 11 is 10.7. The van der Waals surface area contributed by atoms with Gasteiger partial charge in [-0.15, -0.1) is 0 Å². The minimum Gasteiger partial charge on any atom is -0.478 e. The summed E-state index contributed by atoms with van der Waals surface area (Å²) in [4.78, 5) is 9.25. The van der Waals surface area contributed by atoms with Crippen molar-refractivity contribution in [1.82, 2.24) is 0 Å². The zero-order chi connectivity index (χ0) is 10.9. The molecular weight excluding hydrogens is 211 g/mol. The summed E-state index contributed by atoms with van der Waals surface area (Å²) in [6, 6.07) is 0. The normalized spacial score (nSPS) is 7.23. The van der Waals surface area contributed by atoms with E-state index in [1.54, 1.807) is 12.2 Å². The molecule has 0 aliphatic carbocycles. The monoisotopic (exact) mass is 220 g/mol. The number of halogens is 2. The molecule has 0 saturated carbocycles. The molecule has 0 aromatic heterocycles. The predicted molar refractivity (Wildman–Crippen MR) is 57.0 cm³/mol. The molecular formula is C9H10Cl2O2. The van der Waals surface area contributed by atoms with Crippen LogP contribution in [0.1, 0.15) is 0 Å². The summed E-state index contributed by atoms with van der Waals surface area (Å²) < 4.78 is 0.204. The molecule has 0 aromatic rings. The summed E-state index contributed by atoms with van der Waals surface area (Å²) in [5.74, 6) is -0.981. The molecule has 0 amide bonds. The molecule has 0 bridgehead atoms. The molecule has 0 rings (SSSR count). The van der Waals surface area contributed by atoms with Gasteiger partial charge in [-0.05, 0) is 0 Å². The van der Waals surface area contributed by atoms with Crippen molar-refractivity contribution in [2.24, 2.45) is 0 Å². The van der Waals surface area contributed by atoms with Crippen LogP contribution >= 0.6 is 23.2 Å². The van der Waals surface area contributed by atoms with Crippen molar-refractivity contribution in [3.8, 4) is 0 Å². The van der Waals surface area contributed by atoms with Crippen molar-refractivity contribution in [1.29, 1.82) is 0 Å². The fraction of sp³-hybridized carbons (Fsp3) is 0. The summed E-state index contributed by atoms with van der Waals surface area (Å²) in [5, 5.41) is 7.60. The molecule has 0 fully saturated rings. The molecule has 0 aromatic carbocycles. The quantitative estimate of drug-likeness (QED) is 0.586. The van der Waals surface area contributed by atoms with Crippen LogP contribution in [0.4, 0.5) is 0 Å². The van der Waals surface area contributed by atoms with Gasteiger partial charge in [0.2, 0.25) is 0 Å². The van der Waals surface area contributed by atoms with E-state index in [0.717, 1.165) is 6.08 Å². The van der Waals surface area contributed by atoms with Gasteiger partial charge in [0.15, 0.2) is 0 Å². The maximum Gasteiger partial charge on any atom is 0.327 e.